The maximum atomic E-state index is 5.26. The van der Waals surface area contributed by atoms with Gasteiger partial charge < -0.3 is 18.8 Å². The van der Waals surface area contributed by atoms with E-state index in [1.54, 1.807) is 41.2 Å². The molecule has 0 unspecified atom stereocenters. The molecule has 0 radical (unpaired) electrons. The van der Waals surface area contributed by atoms with Crippen LogP contribution >= 0.6 is 11.5 Å². The molecule has 2 N–H and O–H groups in total. The highest BCUT2D eigenvalue weighted by Gasteiger charge is 2.18. The molecule has 4 aliphatic heterocycles. The predicted molar refractivity (Wildman–Crippen MR) is 444 cm³/mol. The van der Waals surface area contributed by atoms with Crippen LogP contribution in [-0.4, -0.2) is 101 Å². The van der Waals surface area contributed by atoms with Crippen molar-refractivity contribution in [2.24, 2.45) is 20.0 Å². The Kier molecular flexibility index (Phi) is 29.6. The average molecular weight is 1470 g/mol. The van der Waals surface area contributed by atoms with Gasteiger partial charge in [-0.15, -0.1) is 0 Å². The first-order chi connectivity index (χ1) is 52.9. The Hall–Kier alpha value is -12.6. The fourth-order valence-corrected chi connectivity index (χ4v) is 12.1. The maximum Gasteiger partial charge on any atom is 0.192 e. The molecule has 0 spiro atoms. The Morgan fingerprint density at radius 3 is 1.71 bits per heavy atom. The molecule has 0 fully saturated rings. The third-order valence-corrected chi connectivity index (χ3v) is 17.2. The topological polar surface area (TPSA) is 258 Å². The van der Waals surface area contributed by atoms with Gasteiger partial charge in [0.15, 0.2) is 17.1 Å². The van der Waals surface area contributed by atoms with Crippen LogP contribution < -0.4 is 10.7 Å². The van der Waals surface area contributed by atoms with Crippen molar-refractivity contribution in [1.29, 1.82) is 0 Å². The summed E-state index contributed by atoms with van der Waals surface area (Å²) in [4.78, 5) is 64.8. The quantitative estimate of drug-likeness (QED) is 0.143. The van der Waals surface area contributed by atoms with E-state index in [9.17, 15) is 0 Å². The molecule has 21 nitrogen and oxygen atoms in total. The Morgan fingerprint density at radius 2 is 1.10 bits per heavy atom. The summed E-state index contributed by atoms with van der Waals surface area (Å²) in [6, 6.07) is 53.7. The number of para-hydroxylation sites is 6. The molecule has 0 saturated heterocycles. The van der Waals surface area contributed by atoms with Crippen LogP contribution in [0, 0.1) is 55.4 Å². The molecule has 22 heteroatoms. The number of rotatable bonds is 0. The molecule has 109 heavy (non-hydrogen) atoms. The van der Waals surface area contributed by atoms with Crippen LogP contribution in [0.15, 0.2) is 255 Å². The number of fused-ring (bicyclic) bond motifs is 8. The van der Waals surface area contributed by atoms with E-state index in [0.29, 0.717) is 0 Å². The highest BCUT2D eigenvalue weighted by molar-refractivity contribution is 7.05. The van der Waals surface area contributed by atoms with Crippen molar-refractivity contribution in [3.05, 3.63) is 304 Å². The second-order valence-corrected chi connectivity index (χ2v) is 27.1. The van der Waals surface area contributed by atoms with Crippen LogP contribution in [-0.2, 0) is 19.3 Å². The minimum Gasteiger partial charge on any atom is -0.441 e. The van der Waals surface area contributed by atoms with Crippen LogP contribution in [0.4, 0.5) is 17.1 Å². The summed E-state index contributed by atoms with van der Waals surface area (Å²) >= 11 is 1.42. The number of benzene rings is 4. The number of hydrogen-bond acceptors (Lipinski definition) is 18. The molecule has 11 aromatic heterocycles. The van der Waals surface area contributed by atoms with E-state index in [2.05, 4.69) is 159 Å². The number of oxazole rings is 1. The van der Waals surface area contributed by atoms with Gasteiger partial charge in [-0.25, -0.2) is 39.4 Å². The van der Waals surface area contributed by atoms with Gasteiger partial charge in [0.05, 0.1) is 55.9 Å². The summed E-state index contributed by atoms with van der Waals surface area (Å²) in [6.07, 6.45) is 31.1. The van der Waals surface area contributed by atoms with Crippen molar-refractivity contribution in [2.45, 2.75) is 141 Å². The van der Waals surface area contributed by atoms with Gasteiger partial charge in [0, 0.05) is 116 Å². The van der Waals surface area contributed by atoms with Crippen molar-refractivity contribution in [2.75, 3.05) is 0 Å². The number of nitrogens with one attached hydrogen (secondary N) is 2. The van der Waals surface area contributed by atoms with Crippen molar-refractivity contribution >= 4 is 97.0 Å². The van der Waals surface area contributed by atoms with Crippen LogP contribution in [0.1, 0.15) is 128 Å². The summed E-state index contributed by atoms with van der Waals surface area (Å²) in [5.74, 6) is 3.51. The first-order valence-corrected chi connectivity index (χ1v) is 37.2. The van der Waals surface area contributed by atoms with Crippen LogP contribution in [0.5, 0.6) is 0 Å². The van der Waals surface area contributed by atoms with E-state index < -0.39 is 0 Å². The fraction of sp³-hybridized carbons (Fsp3) is 0.241. The number of aromatic nitrogens is 16. The number of aromatic amines is 2. The summed E-state index contributed by atoms with van der Waals surface area (Å²) in [5.41, 5.74) is 23.9. The zero-order valence-corrected chi connectivity index (χ0v) is 65.0. The lowest BCUT2D eigenvalue weighted by molar-refractivity contribution is 0.561. The molecule has 0 atom stereocenters. The summed E-state index contributed by atoms with van der Waals surface area (Å²) in [7, 11) is 0. The van der Waals surface area contributed by atoms with Gasteiger partial charge in [0.25, 0.3) is 0 Å². The molecular formula is C87H94N20OS. The number of H-pyrrole nitrogens is 2. The standard InChI is InChI=1S/C9H8N2.C9H13N.2C9H9N.2C8H8N2.C8H7NO.C7H7N3.C7H8N2.C6H7N.C4H6N2.C3H4N2S/c1-7-6-10-8-4-2-3-5-9(8)11-7;3*1-7-6-8-4-2-3-5-9(8)10-7;1-6-5-8-7(10-6)3-2-4-9-8;1-7-6-10-5-3-2-4-8(10)9-7;1-6-9-7-4-2-3-5-8(7)10-6;1-6-8-7-4-2-3-5-10(7)9-6;1-5-8-6-3-2-4-7(6)9-5;1-6-4-2-3-5-7-6;1-4-5-2-3-6-4;1-3-4-2-5-6-3/h2-6H,1H3;2-6H2,1H3;2*2-5H,6H2,1H3;2-4H,5H2,1H3;2-6H,1H3;2*2-5H,1H3;3-4H,2H2,1H3,(H,8,9);2-5H,1H3;2-3H,1H3,(H,5,6);2H,1H3. The lowest BCUT2D eigenvalue weighted by Crippen LogP contribution is -2.19. The SMILES string of the molecule is CC1=NC2=C(CCCC2)C1.CC1=Nc2ccccc2C1.CC1=Nc2ccccc2C1.CC1=Nc2cccnc2C1.Cc1ccccn1.Cc1cn2ccccc2n1.Cc1cnc2ccccc2n1.Cc1nc2c([nH]1)=CCC=2.Cc1nc2ccccc2o1.Cc1nc2ccccn2n1.Cc1ncc[nH]1.Cc1ncns1. The molecule has 15 aromatic rings. The number of aliphatic imine (C=N–C) groups is 4. The van der Waals surface area contributed by atoms with Crippen molar-refractivity contribution < 1.29 is 4.42 Å². The molecule has 21 rings (SSSR count). The second-order valence-electron chi connectivity index (χ2n) is 26.2. The number of nitrogens with zero attached hydrogens (tertiary/aromatic N) is 18. The van der Waals surface area contributed by atoms with E-state index in [4.69, 9.17) is 4.42 Å². The smallest absolute Gasteiger partial charge is 0.192 e. The molecule has 15 heterocycles. The van der Waals surface area contributed by atoms with Gasteiger partial charge in [-0.05, 0) is 221 Å². The van der Waals surface area contributed by atoms with Crippen LogP contribution in [0.3, 0.4) is 0 Å². The molecule has 0 saturated carbocycles. The van der Waals surface area contributed by atoms with Gasteiger partial charge in [-0.1, -0.05) is 91.0 Å². The predicted octanol–water partition coefficient (Wildman–Crippen LogP) is 18.5. The molecule has 4 aromatic carbocycles. The van der Waals surface area contributed by atoms with Gasteiger partial charge >= 0.3 is 0 Å². The highest BCUT2D eigenvalue weighted by Crippen LogP contribution is 2.33. The van der Waals surface area contributed by atoms with Crippen LogP contribution in [0.25, 0.3) is 45.6 Å². The zero-order chi connectivity index (χ0) is 76.7. The van der Waals surface area contributed by atoms with Crippen molar-refractivity contribution in [3.63, 3.8) is 0 Å². The number of imidazole rings is 3. The lowest BCUT2D eigenvalue weighted by Gasteiger charge is -2.10. The summed E-state index contributed by atoms with van der Waals surface area (Å²) < 4.78 is 12.8. The van der Waals surface area contributed by atoms with E-state index in [1.807, 2.05) is 219 Å². The first-order valence-electron chi connectivity index (χ1n) is 36.4. The second kappa shape index (κ2) is 40.8. The van der Waals surface area contributed by atoms with Crippen molar-refractivity contribution in [3.8, 4) is 0 Å². The average Bonchev–Trinajstić information content (AvgIpc) is 1.85. The summed E-state index contributed by atoms with van der Waals surface area (Å²) in [5, 5.41) is 7.45. The van der Waals surface area contributed by atoms with Gasteiger partial charge in [-0.2, -0.15) is 9.47 Å². The fourth-order valence-electron chi connectivity index (χ4n) is 11.8. The van der Waals surface area contributed by atoms with E-state index in [1.165, 1.54) is 82.9 Å². The molecule has 2 aliphatic carbocycles. The number of hydrogen-bond donors (Lipinski definition) is 2. The molecule has 0 amide bonds. The number of aryl methyl sites for hydroxylation is 8. The van der Waals surface area contributed by atoms with Crippen LogP contribution in [0.2, 0.25) is 0 Å². The Labute approximate surface area is 640 Å². The van der Waals surface area contributed by atoms with Gasteiger partial charge in [0.2, 0.25) is 0 Å². The zero-order valence-electron chi connectivity index (χ0n) is 64.2. The first kappa shape index (κ1) is 79.0. The monoisotopic (exact) mass is 1470 g/mol. The summed E-state index contributed by atoms with van der Waals surface area (Å²) in [6.45, 7) is 23.8. The maximum absolute atomic E-state index is 5.26. The Bertz CT molecular complexity index is 5190. The van der Waals surface area contributed by atoms with E-state index >= 15 is 0 Å². The molecule has 554 valence electrons. The molecule has 0 bridgehead atoms. The highest BCUT2D eigenvalue weighted by atomic mass is 32.1. The Balaban J connectivity index is 0.000000127. The molecular weight excluding hydrogens is 1370 g/mol. The van der Waals surface area contributed by atoms with E-state index in [-0.39, 0.29) is 0 Å². The number of allylic oxidation sites excluding steroid dienone is 2. The third kappa shape index (κ3) is 25.6. The third-order valence-electron chi connectivity index (χ3n) is 16.7. The van der Waals surface area contributed by atoms with Gasteiger partial charge in [-0.3, -0.25) is 34.9 Å². The van der Waals surface area contributed by atoms with Gasteiger partial charge in [0.1, 0.15) is 40.0 Å². The Morgan fingerprint density at radius 1 is 0.459 bits per heavy atom. The minimum atomic E-state index is 0.723. The minimum absolute atomic E-state index is 0.723. The lowest BCUT2D eigenvalue weighted by atomic mass is 9.96. The van der Waals surface area contributed by atoms with Crippen molar-refractivity contribution in [1.82, 2.24) is 78.2 Å². The normalized spacial score (nSPS) is 13.0. The molecule has 6 aliphatic rings. The van der Waals surface area contributed by atoms with E-state index in [0.717, 1.165) is 138 Å². The largest absolute Gasteiger partial charge is 0.441 e. The number of pyridine rings is 4.